The Morgan fingerprint density at radius 2 is 1.96 bits per heavy atom. The molecular weight excluding hydrogens is 356 g/mol. The van der Waals surface area contributed by atoms with Gasteiger partial charge in [0.2, 0.25) is 0 Å². The third kappa shape index (κ3) is 3.80. The zero-order chi connectivity index (χ0) is 19.3. The minimum absolute atomic E-state index is 0.0732. The molecule has 8 nitrogen and oxygen atoms in total. The van der Waals surface area contributed by atoms with E-state index in [1.165, 1.54) is 6.20 Å². The largest absolute Gasteiger partial charge is 0.497 e. The number of amides is 1. The molecule has 1 aliphatic heterocycles. The maximum absolute atomic E-state index is 12.6. The van der Waals surface area contributed by atoms with Crippen molar-refractivity contribution in [2.75, 3.05) is 38.2 Å². The first-order valence-electron chi connectivity index (χ1n) is 9.24. The van der Waals surface area contributed by atoms with Crippen molar-refractivity contribution in [3.05, 3.63) is 54.6 Å². The molecule has 8 heteroatoms. The van der Waals surface area contributed by atoms with Crippen molar-refractivity contribution in [2.45, 2.75) is 6.42 Å². The van der Waals surface area contributed by atoms with Crippen LogP contribution in [0.25, 0.3) is 11.3 Å². The van der Waals surface area contributed by atoms with Crippen molar-refractivity contribution in [3.63, 3.8) is 0 Å². The fraction of sp³-hybridized carbons (Fsp3) is 0.300. The second kappa shape index (κ2) is 8.08. The standard InChI is InChI=1S/C20H22N6O2/c1-28-16-5-3-15(4-6-16)17-13-19(24-23-17)25-9-2-10-26(12-11-25)20(27)18-14-21-7-8-22-18/h3-8,13-14H,2,9-12H2,1H3,(H,23,24). The summed E-state index contributed by atoms with van der Waals surface area (Å²) in [6.07, 6.45) is 5.50. The third-order valence-corrected chi connectivity index (χ3v) is 4.85. The molecule has 1 fully saturated rings. The number of hydrogen-bond donors (Lipinski definition) is 1. The topological polar surface area (TPSA) is 87.2 Å². The van der Waals surface area contributed by atoms with E-state index in [9.17, 15) is 4.79 Å². The molecule has 1 aliphatic rings. The van der Waals surface area contributed by atoms with Gasteiger partial charge in [-0.25, -0.2) is 4.98 Å². The van der Waals surface area contributed by atoms with Crippen molar-refractivity contribution >= 4 is 11.7 Å². The van der Waals surface area contributed by atoms with Crippen molar-refractivity contribution in [2.24, 2.45) is 0 Å². The van der Waals surface area contributed by atoms with Crippen LogP contribution in [0.2, 0.25) is 0 Å². The summed E-state index contributed by atoms with van der Waals surface area (Å²) in [5, 5.41) is 7.58. The van der Waals surface area contributed by atoms with Crippen LogP contribution in [0.3, 0.4) is 0 Å². The number of nitrogens with zero attached hydrogens (tertiary/aromatic N) is 5. The Balaban J connectivity index is 1.43. The summed E-state index contributed by atoms with van der Waals surface area (Å²) in [5.41, 5.74) is 2.39. The van der Waals surface area contributed by atoms with Gasteiger partial charge in [0.05, 0.1) is 19.0 Å². The average Bonchev–Trinajstić information content (AvgIpc) is 3.12. The first-order valence-corrected chi connectivity index (χ1v) is 9.24. The van der Waals surface area contributed by atoms with Gasteiger partial charge in [-0.2, -0.15) is 5.10 Å². The van der Waals surface area contributed by atoms with Crippen LogP contribution in [0.5, 0.6) is 5.75 Å². The van der Waals surface area contributed by atoms with E-state index in [2.05, 4.69) is 25.1 Å². The molecular formula is C20H22N6O2. The third-order valence-electron chi connectivity index (χ3n) is 4.85. The minimum Gasteiger partial charge on any atom is -0.497 e. The van der Waals surface area contributed by atoms with Crippen molar-refractivity contribution in [1.82, 2.24) is 25.1 Å². The van der Waals surface area contributed by atoms with Crippen LogP contribution in [0.15, 0.2) is 48.9 Å². The molecule has 0 saturated carbocycles. The summed E-state index contributed by atoms with van der Waals surface area (Å²) in [4.78, 5) is 24.8. The Morgan fingerprint density at radius 3 is 2.71 bits per heavy atom. The molecule has 0 atom stereocenters. The summed E-state index contributed by atoms with van der Waals surface area (Å²) in [6, 6.07) is 9.90. The van der Waals surface area contributed by atoms with Crippen molar-refractivity contribution in [3.8, 4) is 17.0 Å². The SMILES string of the molecule is COc1ccc(-c2cc(N3CCCN(C(=O)c4cnccn4)CC3)n[nH]2)cc1. The van der Waals surface area contributed by atoms with E-state index < -0.39 is 0 Å². The van der Waals surface area contributed by atoms with Crippen LogP contribution in [-0.4, -0.2) is 64.3 Å². The van der Waals surface area contributed by atoms with Crippen LogP contribution < -0.4 is 9.64 Å². The van der Waals surface area contributed by atoms with Crippen LogP contribution in [-0.2, 0) is 0 Å². The zero-order valence-corrected chi connectivity index (χ0v) is 15.7. The fourth-order valence-corrected chi connectivity index (χ4v) is 3.31. The van der Waals surface area contributed by atoms with Crippen molar-refractivity contribution in [1.29, 1.82) is 0 Å². The van der Waals surface area contributed by atoms with Gasteiger partial charge in [-0.15, -0.1) is 0 Å². The van der Waals surface area contributed by atoms with Crippen LogP contribution in [0.4, 0.5) is 5.82 Å². The number of aromatic amines is 1. The number of ether oxygens (including phenoxy) is 1. The number of benzene rings is 1. The van der Waals surface area contributed by atoms with E-state index in [1.807, 2.05) is 35.2 Å². The van der Waals surface area contributed by atoms with Gasteiger partial charge >= 0.3 is 0 Å². The molecule has 0 aliphatic carbocycles. The molecule has 144 valence electrons. The Morgan fingerprint density at radius 1 is 1.11 bits per heavy atom. The maximum atomic E-state index is 12.6. The van der Waals surface area contributed by atoms with Crippen LogP contribution >= 0.6 is 0 Å². The number of rotatable bonds is 4. The fourth-order valence-electron chi connectivity index (χ4n) is 3.31. The molecule has 0 radical (unpaired) electrons. The number of hydrogen-bond acceptors (Lipinski definition) is 6. The van der Waals surface area contributed by atoms with E-state index in [4.69, 9.17) is 4.74 Å². The van der Waals surface area contributed by atoms with Crippen LogP contribution in [0, 0.1) is 0 Å². The average molecular weight is 378 g/mol. The predicted molar refractivity (Wildman–Crippen MR) is 105 cm³/mol. The summed E-state index contributed by atoms with van der Waals surface area (Å²) in [7, 11) is 1.65. The molecule has 3 heterocycles. The number of methoxy groups -OCH3 is 1. The van der Waals surface area contributed by atoms with Gasteiger partial charge in [-0.3, -0.25) is 14.9 Å². The minimum atomic E-state index is -0.0732. The van der Waals surface area contributed by atoms with Gasteiger partial charge in [0.15, 0.2) is 5.82 Å². The van der Waals surface area contributed by atoms with E-state index in [1.54, 1.807) is 19.5 Å². The Kier molecular flexibility index (Phi) is 5.18. The second-order valence-corrected chi connectivity index (χ2v) is 6.59. The Labute approximate surface area is 163 Å². The number of aromatic nitrogens is 4. The monoisotopic (exact) mass is 378 g/mol. The van der Waals surface area contributed by atoms with Crippen LogP contribution in [0.1, 0.15) is 16.9 Å². The molecule has 1 aromatic carbocycles. The first kappa shape index (κ1) is 18.0. The number of anilines is 1. The Bertz CT molecular complexity index is 925. The second-order valence-electron chi connectivity index (χ2n) is 6.59. The first-order chi connectivity index (χ1) is 13.7. The van der Waals surface area contributed by atoms with Gasteiger partial charge in [-0.05, 0) is 36.2 Å². The molecule has 0 bridgehead atoms. The van der Waals surface area contributed by atoms with Gasteiger partial charge in [0.1, 0.15) is 11.4 Å². The molecule has 1 N–H and O–H groups in total. The quantitative estimate of drug-likeness (QED) is 0.749. The Hall–Kier alpha value is -3.42. The predicted octanol–water partition coefficient (Wildman–Crippen LogP) is 2.23. The normalized spacial score (nSPS) is 14.6. The van der Waals surface area contributed by atoms with E-state index >= 15 is 0 Å². The highest BCUT2D eigenvalue weighted by Gasteiger charge is 2.22. The molecule has 1 saturated heterocycles. The molecule has 1 amide bonds. The lowest BCUT2D eigenvalue weighted by Gasteiger charge is -2.21. The molecule has 4 rings (SSSR count). The molecule has 2 aromatic heterocycles. The number of carbonyl (C=O) groups is 1. The summed E-state index contributed by atoms with van der Waals surface area (Å²) >= 11 is 0. The lowest BCUT2D eigenvalue weighted by atomic mass is 10.1. The van der Waals surface area contributed by atoms with Gasteiger partial charge in [0.25, 0.3) is 5.91 Å². The van der Waals surface area contributed by atoms with Gasteiger partial charge in [0, 0.05) is 44.6 Å². The van der Waals surface area contributed by atoms with Gasteiger partial charge < -0.3 is 14.5 Å². The van der Waals surface area contributed by atoms with E-state index in [0.717, 1.165) is 42.3 Å². The highest BCUT2D eigenvalue weighted by molar-refractivity contribution is 5.92. The number of carbonyl (C=O) groups excluding carboxylic acids is 1. The van der Waals surface area contributed by atoms with Crippen molar-refractivity contribution < 1.29 is 9.53 Å². The lowest BCUT2D eigenvalue weighted by Crippen LogP contribution is -2.35. The maximum Gasteiger partial charge on any atom is 0.274 e. The molecule has 28 heavy (non-hydrogen) atoms. The van der Waals surface area contributed by atoms with E-state index in [-0.39, 0.29) is 5.91 Å². The van der Waals surface area contributed by atoms with E-state index in [0.29, 0.717) is 18.8 Å². The number of H-pyrrole nitrogens is 1. The highest BCUT2D eigenvalue weighted by atomic mass is 16.5. The molecule has 0 spiro atoms. The lowest BCUT2D eigenvalue weighted by molar-refractivity contribution is 0.0760. The summed E-state index contributed by atoms with van der Waals surface area (Å²) in [6.45, 7) is 2.89. The number of nitrogens with one attached hydrogen (secondary N) is 1. The highest BCUT2D eigenvalue weighted by Crippen LogP contribution is 2.24. The molecule has 3 aromatic rings. The summed E-state index contributed by atoms with van der Waals surface area (Å²) < 4.78 is 5.21. The summed E-state index contributed by atoms with van der Waals surface area (Å²) in [5.74, 6) is 1.64. The molecule has 0 unspecified atom stereocenters. The zero-order valence-electron chi connectivity index (χ0n) is 15.7. The van der Waals surface area contributed by atoms with Gasteiger partial charge in [-0.1, -0.05) is 0 Å². The smallest absolute Gasteiger partial charge is 0.274 e.